The number of anilines is 3. The van der Waals surface area contributed by atoms with Crippen LogP contribution in [-0.4, -0.2) is 0 Å². The molecule has 0 heterocycles. The van der Waals surface area contributed by atoms with E-state index in [2.05, 4.69) is 134 Å². The zero-order valence-electron chi connectivity index (χ0n) is 17.5. The molecule has 0 aromatic heterocycles. The van der Waals surface area contributed by atoms with Gasteiger partial charge in [-0.15, -0.1) is 0 Å². The van der Waals surface area contributed by atoms with Gasteiger partial charge in [0.15, 0.2) is 0 Å². The average Bonchev–Trinajstić information content (AvgIpc) is 2.86. The second-order valence-corrected chi connectivity index (χ2v) is 9.55. The lowest BCUT2D eigenvalue weighted by atomic mass is 10.00. The number of nitriles is 1. The molecule has 0 saturated carbocycles. The van der Waals surface area contributed by atoms with Crippen molar-refractivity contribution in [3.63, 3.8) is 0 Å². The summed E-state index contributed by atoms with van der Waals surface area (Å²) in [6.45, 7) is 0. The molecular weight excluding hydrogens is 536 g/mol. The lowest BCUT2D eigenvalue weighted by molar-refractivity contribution is 1.28. The highest BCUT2D eigenvalue weighted by Gasteiger charge is 2.13. The molecule has 0 aliphatic rings. The minimum Gasteiger partial charge on any atom is -0.311 e. The summed E-state index contributed by atoms with van der Waals surface area (Å²) in [6, 6.07) is 39.7. The van der Waals surface area contributed by atoms with Crippen LogP contribution in [0.25, 0.3) is 21.9 Å². The molecule has 158 valence electrons. The maximum absolute atomic E-state index is 9.13. The second kappa shape index (κ2) is 9.23. The fourth-order valence-corrected chi connectivity index (χ4v) is 4.45. The molecular formula is C29H18Br2N2. The Hall–Kier alpha value is -3.39. The molecule has 0 N–H and O–H groups in total. The van der Waals surface area contributed by atoms with E-state index in [4.69, 9.17) is 5.26 Å². The van der Waals surface area contributed by atoms with Gasteiger partial charge < -0.3 is 4.90 Å². The van der Waals surface area contributed by atoms with E-state index in [0.717, 1.165) is 47.9 Å². The maximum atomic E-state index is 9.13. The van der Waals surface area contributed by atoms with Gasteiger partial charge in [0.25, 0.3) is 0 Å². The number of rotatable bonds is 4. The molecule has 5 aromatic rings. The Bertz CT molecular complexity index is 1420. The van der Waals surface area contributed by atoms with Crippen molar-refractivity contribution in [2.75, 3.05) is 4.90 Å². The van der Waals surface area contributed by atoms with Gasteiger partial charge in [0.1, 0.15) is 0 Å². The van der Waals surface area contributed by atoms with E-state index in [0.29, 0.717) is 5.56 Å². The van der Waals surface area contributed by atoms with Gasteiger partial charge in [-0.05, 0) is 101 Å². The highest BCUT2D eigenvalue weighted by molar-refractivity contribution is 9.10. The van der Waals surface area contributed by atoms with Crippen molar-refractivity contribution in [1.82, 2.24) is 0 Å². The van der Waals surface area contributed by atoms with Crippen LogP contribution in [0.3, 0.4) is 0 Å². The van der Waals surface area contributed by atoms with Gasteiger partial charge in [-0.3, -0.25) is 0 Å². The highest BCUT2D eigenvalue weighted by Crippen LogP contribution is 2.37. The minimum absolute atomic E-state index is 0.681. The van der Waals surface area contributed by atoms with Crippen LogP contribution in [0.2, 0.25) is 0 Å². The average molecular weight is 554 g/mol. The summed E-state index contributed by atoms with van der Waals surface area (Å²) >= 11 is 7.07. The van der Waals surface area contributed by atoms with Crippen molar-refractivity contribution in [3.8, 4) is 17.2 Å². The summed E-state index contributed by atoms with van der Waals surface area (Å²) in [7, 11) is 0. The Morgan fingerprint density at radius 1 is 0.515 bits per heavy atom. The fraction of sp³-hybridized carbons (Fsp3) is 0. The Balaban J connectivity index is 1.53. The van der Waals surface area contributed by atoms with Crippen molar-refractivity contribution < 1.29 is 0 Å². The lowest BCUT2D eigenvalue weighted by Gasteiger charge is -2.25. The van der Waals surface area contributed by atoms with Crippen molar-refractivity contribution in [2.24, 2.45) is 0 Å². The van der Waals surface area contributed by atoms with E-state index in [1.165, 1.54) is 0 Å². The number of hydrogen-bond donors (Lipinski definition) is 0. The predicted molar refractivity (Wildman–Crippen MR) is 144 cm³/mol. The molecule has 0 atom stereocenters. The van der Waals surface area contributed by atoms with Crippen LogP contribution in [0.15, 0.2) is 118 Å². The van der Waals surface area contributed by atoms with Gasteiger partial charge in [0, 0.05) is 26.0 Å². The molecule has 0 aliphatic carbocycles. The van der Waals surface area contributed by atoms with Crippen LogP contribution >= 0.6 is 31.9 Å². The summed E-state index contributed by atoms with van der Waals surface area (Å²) < 4.78 is 2.10. The Morgan fingerprint density at radius 2 is 0.970 bits per heavy atom. The smallest absolute Gasteiger partial charge is 0.0991 e. The first-order chi connectivity index (χ1) is 16.1. The monoisotopic (exact) mass is 552 g/mol. The molecule has 0 fully saturated rings. The number of halogens is 2. The third-order valence-electron chi connectivity index (χ3n) is 5.60. The van der Waals surface area contributed by atoms with Crippen LogP contribution in [0.5, 0.6) is 0 Å². The number of benzene rings is 5. The molecule has 0 bridgehead atoms. The van der Waals surface area contributed by atoms with Gasteiger partial charge in [0.05, 0.1) is 11.6 Å². The van der Waals surface area contributed by atoms with Crippen LogP contribution in [-0.2, 0) is 0 Å². The van der Waals surface area contributed by atoms with Crippen LogP contribution in [0.1, 0.15) is 5.56 Å². The van der Waals surface area contributed by atoms with Crippen molar-refractivity contribution in [3.05, 3.63) is 124 Å². The van der Waals surface area contributed by atoms with E-state index in [-0.39, 0.29) is 0 Å². The zero-order chi connectivity index (χ0) is 22.8. The number of hydrogen-bond acceptors (Lipinski definition) is 2. The third kappa shape index (κ3) is 4.57. The van der Waals surface area contributed by atoms with E-state index in [1.807, 2.05) is 18.2 Å². The van der Waals surface area contributed by atoms with Gasteiger partial charge in [-0.1, -0.05) is 62.2 Å². The Morgan fingerprint density at radius 3 is 1.52 bits per heavy atom. The topological polar surface area (TPSA) is 27.0 Å². The standard InChI is InChI=1S/C29H18Br2N2/c30-25-7-13-28(14-8-25)33(29-15-9-26(31)10-16-29)27-11-5-21(6-12-27)23-4-3-22-17-20(19-32)1-2-24(22)18-23/h1-18H. The zero-order valence-corrected chi connectivity index (χ0v) is 20.7. The molecule has 0 aliphatic heterocycles. The first-order valence-electron chi connectivity index (χ1n) is 10.5. The van der Waals surface area contributed by atoms with Gasteiger partial charge >= 0.3 is 0 Å². The minimum atomic E-state index is 0.681. The summed E-state index contributed by atoms with van der Waals surface area (Å²) in [5, 5.41) is 11.3. The summed E-state index contributed by atoms with van der Waals surface area (Å²) in [4.78, 5) is 2.24. The van der Waals surface area contributed by atoms with Crippen molar-refractivity contribution in [1.29, 1.82) is 5.26 Å². The fourth-order valence-electron chi connectivity index (χ4n) is 3.93. The van der Waals surface area contributed by atoms with Crippen LogP contribution in [0, 0.1) is 11.3 Å². The largest absolute Gasteiger partial charge is 0.311 e. The number of fused-ring (bicyclic) bond motifs is 1. The Labute approximate surface area is 210 Å². The van der Waals surface area contributed by atoms with Crippen LogP contribution < -0.4 is 4.90 Å². The number of nitrogens with zero attached hydrogens (tertiary/aromatic N) is 2. The van der Waals surface area contributed by atoms with E-state index >= 15 is 0 Å². The third-order valence-corrected chi connectivity index (χ3v) is 6.66. The summed E-state index contributed by atoms with van der Waals surface area (Å²) in [6.07, 6.45) is 0. The van der Waals surface area contributed by atoms with Gasteiger partial charge in [-0.2, -0.15) is 5.26 Å². The first-order valence-corrected chi connectivity index (χ1v) is 12.0. The lowest BCUT2D eigenvalue weighted by Crippen LogP contribution is -2.09. The second-order valence-electron chi connectivity index (χ2n) is 7.72. The molecule has 2 nitrogen and oxygen atoms in total. The predicted octanol–water partition coefficient (Wildman–Crippen LogP) is 9.37. The van der Waals surface area contributed by atoms with E-state index < -0.39 is 0 Å². The molecule has 0 spiro atoms. The van der Waals surface area contributed by atoms with Crippen molar-refractivity contribution in [2.45, 2.75) is 0 Å². The van der Waals surface area contributed by atoms with E-state index in [1.54, 1.807) is 0 Å². The molecule has 0 radical (unpaired) electrons. The van der Waals surface area contributed by atoms with Crippen molar-refractivity contribution >= 4 is 59.7 Å². The van der Waals surface area contributed by atoms with E-state index in [9.17, 15) is 0 Å². The molecule has 0 saturated heterocycles. The molecule has 5 aromatic carbocycles. The van der Waals surface area contributed by atoms with Gasteiger partial charge in [-0.25, -0.2) is 0 Å². The quantitative estimate of drug-likeness (QED) is 0.221. The maximum Gasteiger partial charge on any atom is 0.0991 e. The first kappa shape index (κ1) is 21.5. The summed E-state index contributed by atoms with van der Waals surface area (Å²) in [5.74, 6) is 0. The van der Waals surface area contributed by atoms with Crippen LogP contribution in [0.4, 0.5) is 17.1 Å². The summed E-state index contributed by atoms with van der Waals surface area (Å²) in [5.41, 5.74) is 6.25. The Kier molecular flexibility index (Phi) is 6.00. The SMILES string of the molecule is N#Cc1ccc2cc(-c3ccc(N(c4ccc(Br)cc4)c4ccc(Br)cc4)cc3)ccc2c1. The normalized spacial score (nSPS) is 10.7. The highest BCUT2D eigenvalue weighted by atomic mass is 79.9. The molecule has 0 amide bonds. The molecule has 33 heavy (non-hydrogen) atoms. The van der Waals surface area contributed by atoms with Gasteiger partial charge in [0.2, 0.25) is 0 Å². The molecule has 4 heteroatoms. The molecule has 0 unspecified atom stereocenters. The molecule has 5 rings (SSSR count).